The number of carbonyl (C=O) groups excluding carboxylic acids is 1. The quantitative estimate of drug-likeness (QED) is 0.182. The summed E-state index contributed by atoms with van der Waals surface area (Å²) in [6.45, 7) is 0.970. The predicted molar refractivity (Wildman–Crippen MR) is 165 cm³/mol. The van der Waals surface area contributed by atoms with Crippen LogP contribution in [-0.4, -0.2) is 46.4 Å². The van der Waals surface area contributed by atoms with E-state index < -0.39 is 0 Å². The molecule has 0 spiro atoms. The molecular weight excluding hydrogens is 536 g/mol. The minimum atomic E-state index is -0.220. The fourth-order valence-electron chi connectivity index (χ4n) is 4.27. The molecule has 206 valence electrons. The molecule has 0 saturated carbocycles. The molecule has 0 atom stereocenters. The van der Waals surface area contributed by atoms with E-state index in [1.165, 1.54) is 6.33 Å². The van der Waals surface area contributed by atoms with Crippen LogP contribution in [0.5, 0.6) is 5.75 Å². The van der Waals surface area contributed by atoms with Crippen LogP contribution in [0.3, 0.4) is 0 Å². The van der Waals surface area contributed by atoms with Gasteiger partial charge in [0.15, 0.2) is 0 Å². The molecule has 2 heterocycles. The number of carbonyl (C=O) groups is 1. The summed E-state index contributed by atoms with van der Waals surface area (Å²) < 4.78 is 5.87. The summed E-state index contributed by atoms with van der Waals surface area (Å²) in [5, 5.41) is 7.64. The Kier molecular flexibility index (Phi) is 8.83. The van der Waals surface area contributed by atoms with Crippen molar-refractivity contribution in [2.24, 2.45) is 0 Å². The maximum absolute atomic E-state index is 12.8. The summed E-state index contributed by atoms with van der Waals surface area (Å²) in [5.41, 5.74) is 4.63. The van der Waals surface area contributed by atoms with Crippen molar-refractivity contribution in [1.29, 1.82) is 0 Å². The van der Waals surface area contributed by atoms with Gasteiger partial charge in [-0.1, -0.05) is 54.1 Å². The fourth-order valence-corrected chi connectivity index (χ4v) is 4.50. The highest BCUT2D eigenvalue weighted by molar-refractivity contribution is 6.32. The zero-order valence-electron chi connectivity index (χ0n) is 22.7. The van der Waals surface area contributed by atoms with Crippen LogP contribution in [0.15, 0.2) is 104 Å². The summed E-state index contributed by atoms with van der Waals surface area (Å²) in [4.78, 5) is 28.1. The van der Waals surface area contributed by atoms with Crippen LogP contribution in [-0.2, 0) is 11.4 Å². The SMILES string of the molecule is CN(C)C/C=C/C(=O)Nc1ccc2ncnc(Nc3ccc(OCc4ccccn4)c(Cl)c3)c2c1-c1ccccc1. The molecule has 0 unspecified atom stereocenters. The molecule has 5 aromatic rings. The average Bonchev–Trinajstić information content (AvgIpc) is 2.97. The molecule has 8 nitrogen and oxygen atoms in total. The third-order valence-corrected chi connectivity index (χ3v) is 6.46. The number of amides is 1. The number of aromatic nitrogens is 3. The highest BCUT2D eigenvalue weighted by Crippen LogP contribution is 2.39. The minimum absolute atomic E-state index is 0.220. The molecule has 5 rings (SSSR count). The van der Waals surface area contributed by atoms with Gasteiger partial charge in [-0.05, 0) is 62.1 Å². The van der Waals surface area contributed by atoms with Crippen LogP contribution in [0.1, 0.15) is 5.69 Å². The summed E-state index contributed by atoms with van der Waals surface area (Å²) >= 11 is 6.58. The van der Waals surface area contributed by atoms with Crippen LogP contribution >= 0.6 is 11.6 Å². The number of hydrogen-bond acceptors (Lipinski definition) is 7. The van der Waals surface area contributed by atoms with E-state index in [1.807, 2.05) is 91.8 Å². The highest BCUT2D eigenvalue weighted by atomic mass is 35.5. The zero-order chi connectivity index (χ0) is 28.6. The Morgan fingerprint density at radius 1 is 0.976 bits per heavy atom. The van der Waals surface area contributed by atoms with E-state index in [9.17, 15) is 4.79 Å². The lowest BCUT2D eigenvalue weighted by Crippen LogP contribution is -2.13. The third-order valence-electron chi connectivity index (χ3n) is 6.16. The molecule has 0 bridgehead atoms. The second-order valence-corrected chi connectivity index (χ2v) is 9.91. The topological polar surface area (TPSA) is 92.3 Å². The van der Waals surface area contributed by atoms with Gasteiger partial charge in [0.2, 0.25) is 5.91 Å². The maximum Gasteiger partial charge on any atom is 0.248 e. The van der Waals surface area contributed by atoms with Gasteiger partial charge in [0.05, 0.1) is 21.6 Å². The van der Waals surface area contributed by atoms with Gasteiger partial charge in [0.25, 0.3) is 0 Å². The lowest BCUT2D eigenvalue weighted by molar-refractivity contribution is -0.111. The Labute approximate surface area is 243 Å². The van der Waals surface area contributed by atoms with Gasteiger partial charge >= 0.3 is 0 Å². The minimum Gasteiger partial charge on any atom is -0.486 e. The van der Waals surface area contributed by atoms with Crippen LogP contribution in [0, 0.1) is 0 Å². The highest BCUT2D eigenvalue weighted by Gasteiger charge is 2.17. The van der Waals surface area contributed by atoms with Crippen LogP contribution in [0.25, 0.3) is 22.0 Å². The van der Waals surface area contributed by atoms with Crippen molar-refractivity contribution in [3.63, 3.8) is 0 Å². The van der Waals surface area contributed by atoms with Crippen molar-refractivity contribution in [1.82, 2.24) is 19.9 Å². The van der Waals surface area contributed by atoms with Gasteiger partial charge < -0.3 is 20.3 Å². The van der Waals surface area contributed by atoms with Gasteiger partial charge in [-0.25, -0.2) is 9.97 Å². The Morgan fingerprint density at radius 2 is 1.80 bits per heavy atom. The number of hydrogen-bond donors (Lipinski definition) is 2. The Balaban J connectivity index is 1.48. The Morgan fingerprint density at radius 3 is 2.56 bits per heavy atom. The lowest BCUT2D eigenvalue weighted by atomic mass is 9.98. The molecule has 41 heavy (non-hydrogen) atoms. The smallest absolute Gasteiger partial charge is 0.248 e. The van der Waals surface area contributed by atoms with E-state index in [2.05, 4.69) is 25.6 Å². The number of nitrogens with zero attached hydrogens (tertiary/aromatic N) is 4. The molecule has 0 saturated heterocycles. The summed E-state index contributed by atoms with van der Waals surface area (Å²) in [6, 6.07) is 24.7. The fraction of sp³-hybridized carbons (Fsp3) is 0.125. The molecule has 0 radical (unpaired) electrons. The van der Waals surface area contributed by atoms with E-state index in [0.29, 0.717) is 35.4 Å². The zero-order valence-corrected chi connectivity index (χ0v) is 23.5. The van der Waals surface area contributed by atoms with E-state index in [4.69, 9.17) is 16.3 Å². The summed E-state index contributed by atoms with van der Waals surface area (Å²) in [7, 11) is 3.90. The van der Waals surface area contributed by atoms with Crippen molar-refractivity contribution < 1.29 is 9.53 Å². The number of nitrogens with one attached hydrogen (secondary N) is 2. The van der Waals surface area contributed by atoms with Crippen molar-refractivity contribution in [3.05, 3.63) is 114 Å². The van der Waals surface area contributed by atoms with Crippen LogP contribution in [0.4, 0.5) is 17.2 Å². The second-order valence-electron chi connectivity index (χ2n) is 9.50. The molecule has 3 aromatic carbocycles. The first-order chi connectivity index (χ1) is 20.0. The Hall–Kier alpha value is -4.79. The summed E-state index contributed by atoms with van der Waals surface area (Å²) in [6.07, 6.45) is 6.59. The monoisotopic (exact) mass is 564 g/mol. The maximum atomic E-state index is 12.8. The first-order valence-electron chi connectivity index (χ1n) is 13.0. The normalized spacial score (nSPS) is 11.2. The number of benzene rings is 3. The first kappa shape index (κ1) is 27.8. The van der Waals surface area contributed by atoms with Crippen LogP contribution < -0.4 is 15.4 Å². The molecule has 0 aliphatic rings. The van der Waals surface area contributed by atoms with Gasteiger partial charge in [0.1, 0.15) is 24.5 Å². The van der Waals surface area contributed by atoms with E-state index >= 15 is 0 Å². The number of likely N-dealkylation sites (N-methyl/N-ethyl adjacent to an activating group) is 1. The van der Waals surface area contributed by atoms with Crippen LogP contribution in [0.2, 0.25) is 5.02 Å². The number of ether oxygens (including phenoxy) is 1. The average molecular weight is 565 g/mol. The number of pyridine rings is 1. The Bertz CT molecular complexity index is 1680. The molecule has 0 aliphatic carbocycles. The number of rotatable bonds is 10. The molecule has 0 aliphatic heterocycles. The molecule has 2 aromatic heterocycles. The molecule has 1 amide bonds. The molecule has 2 N–H and O–H groups in total. The van der Waals surface area contributed by atoms with E-state index in [1.54, 1.807) is 24.4 Å². The number of halogens is 1. The van der Waals surface area contributed by atoms with Crippen molar-refractivity contribution in [2.45, 2.75) is 6.61 Å². The molecular formula is C32H29ClN6O2. The van der Waals surface area contributed by atoms with Gasteiger partial charge in [-0.3, -0.25) is 9.78 Å². The van der Waals surface area contributed by atoms with E-state index in [-0.39, 0.29) is 5.91 Å². The largest absolute Gasteiger partial charge is 0.486 e. The number of fused-ring (bicyclic) bond motifs is 1. The first-order valence-corrected chi connectivity index (χ1v) is 13.4. The van der Waals surface area contributed by atoms with Gasteiger partial charge in [-0.15, -0.1) is 0 Å². The number of anilines is 3. The van der Waals surface area contributed by atoms with Crippen molar-refractivity contribution >= 4 is 45.6 Å². The van der Waals surface area contributed by atoms with E-state index in [0.717, 1.165) is 33.4 Å². The van der Waals surface area contributed by atoms with Gasteiger partial charge in [0, 0.05) is 35.8 Å². The molecule has 9 heteroatoms. The molecule has 0 fully saturated rings. The predicted octanol–water partition coefficient (Wildman–Crippen LogP) is 6.72. The standard InChI is InChI=1S/C32H29ClN6O2/c1-39(2)18-8-12-29(40)38-27-15-14-26-31(30(27)22-9-4-3-5-10-22)32(36-21-35-26)37-23-13-16-28(25(33)19-23)41-20-24-11-6-7-17-34-24/h3-17,19,21H,18,20H2,1-2H3,(H,38,40)(H,35,36,37)/b12-8+. The van der Waals surface area contributed by atoms with Gasteiger partial charge in [-0.2, -0.15) is 0 Å². The van der Waals surface area contributed by atoms with Crippen molar-refractivity contribution in [2.75, 3.05) is 31.3 Å². The second kappa shape index (κ2) is 13.0. The van der Waals surface area contributed by atoms with Crippen molar-refractivity contribution in [3.8, 4) is 16.9 Å². The third kappa shape index (κ3) is 7.05. The lowest BCUT2D eigenvalue weighted by Gasteiger charge is -2.17. The summed E-state index contributed by atoms with van der Waals surface area (Å²) in [5.74, 6) is 0.904.